The number of hydrogen-bond donors (Lipinski definition) is 1. The minimum atomic E-state index is -2.96. The molecular formula is C7H4F2N4O2. The van der Waals surface area contributed by atoms with Gasteiger partial charge in [-0.1, -0.05) is 0 Å². The fourth-order valence-electron chi connectivity index (χ4n) is 1.17. The molecule has 8 heteroatoms. The predicted octanol–water partition coefficient (Wildman–Crippen LogP) is 0.760. The zero-order valence-corrected chi connectivity index (χ0v) is 7.13. The van der Waals surface area contributed by atoms with Crippen LogP contribution in [0.15, 0.2) is 12.5 Å². The monoisotopic (exact) mass is 214 g/mol. The van der Waals surface area contributed by atoms with Crippen LogP contribution in [-0.4, -0.2) is 30.7 Å². The van der Waals surface area contributed by atoms with Crippen LogP contribution in [0, 0.1) is 0 Å². The number of rotatable bonds is 2. The molecule has 0 amide bonds. The lowest BCUT2D eigenvalue weighted by Crippen LogP contribution is -2.10. The third-order valence-corrected chi connectivity index (χ3v) is 1.78. The van der Waals surface area contributed by atoms with Crippen LogP contribution in [0.4, 0.5) is 8.78 Å². The Hall–Kier alpha value is -2.12. The number of alkyl halides is 2. The van der Waals surface area contributed by atoms with Crippen molar-refractivity contribution in [2.75, 3.05) is 0 Å². The van der Waals surface area contributed by atoms with Crippen LogP contribution in [0.2, 0.25) is 0 Å². The Kier molecular flexibility index (Phi) is 2.03. The number of nitrogens with zero attached hydrogens (tertiary/aromatic N) is 4. The fraction of sp³-hybridized carbons (Fsp3) is 0.143. The average Bonchev–Trinajstić information content (AvgIpc) is 2.62. The molecule has 0 spiro atoms. The van der Waals surface area contributed by atoms with Crippen molar-refractivity contribution >= 4 is 11.7 Å². The number of carbonyl (C=O) groups is 1. The van der Waals surface area contributed by atoms with E-state index < -0.39 is 23.7 Å². The third-order valence-electron chi connectivity index (χ3n) is 1.78. The molecule has 0 aliphatic rings. The van der Waals surface area contributed by atoms with E-state index in [1.54, 1.807) is 0 Å². The van der Waals surface area contributed by atoms with Gasteiger partial charge in [0.25, 0.3) is 12.2 Å². The van der Waals surface area contributed by atoms with Crippen molar-refractivity contribution in [1.29, 1.82) is 0 Å². The van der Waals surface area contributed by atoms with Crippen molar-refractivity contribution in [3.8, 4) is 0 Å². The van der Waals surface area contributed by atoms with Crippen LogP contribution >= 0.6 is 0 Å². The number of halogens is 2. The number of aromatic nitrogens is 4. The zero-order chi connectivity index (χ0) is 11.0. The Morgan fingerprint density at radius 2 is 2.20 bits per heavy atom. The highest BCUT2D eigenvalue weighted by Crippen LogP contribution is 2.22. The molecule has 6 nitrogen and oxygen atoms in total. The lowest BCUT2D eigenvalue weighted by molar-refractivity contribution is 0.0680. The summed E-state index contributed by atoms with van der Waals surface area (Å²) in [4.78, 5) is 17.8. The SMILES string of the molecule is O=C(O)c1cnc2ncnn2c1C(F)F. The van der Waals surface area contributed by atoms with Gasteiger partial charge >= 0.3 is 5.97 Å². The van der Waals surface area contributed by atoms with E-state index in [2.05, 4.69) is 15.1 Å². The second-order valence-electron chi connectivity index (χ2n) is 2.63. The summed E-state index contributed by atoms with van der Waals surface area (Å²) < 4.78 is 25.9. The highest BCUT2D eigenvalue weighted by Gasteiger charge is 2.23. The Morgan fingerprint density at radius 1 is 1.47 bits per heavy atom. The van der Waals surface area contributed by atoms with Gasteiger partial charge in [0, 0.05) is 6.20 Å². The van der Waals surface area contributed by atoms with Crippen LogP contribution < -0.4 is 0 Å². The zero-order valence-electron chi connectivity index (χ0n) is 7.13. The van der Waals surface area contributed by atoms with Gasteiger partial charge in [-0.2, -0.15) is 14.6 Å². The van der Waals surface area contributed by atoms with Gasteiger partial charge in [-0.05, 0) is 0 Å². The van der Waals surface area contributed by atoms with Crippen LogP contribution in [-0.2, 0) is 0 Å². The molecule has 0 atom stereocenters. The standard InChI is InChI=1S/C7H4F2N4O2/c8-5(9)4-3(6(14)15)1-10-7-11-2-12-13(4)7/h1-2,5H,(H,14,15). The predicted molar refractivity (Wildman–Crippen MR) is 42.7 cm³/mol. The molecule has 78 valence electrons. The van der Waals surface area contributed by atoms with Crippen molar-refractivity contribution < 1.29 is 18.7 Å². The molecule has 0 unspecified atom stereocenters. The van der Waals surface area contributed by atoms with E-state index in [1.165, 1.54) is 0 Å². The molecule has 2 rings (SSSR count). The number of hydrogen-bond acceptors (Lipinski definition) is 4. The third kappa shape index (κ3) is 1.39. The van der Waals surface area contributed by atoms with E-state index >= 15 is 0 Å². The smallest absolute Gasteiger partial charge is 0.339 e. The second kappa shape index (κ2) is 3.23. The lowest BCUT2D eigenvalue weighted by Gasteiger charge is -2.05. The van der Waals surface area contributed by atoms with E-state index in [4.69, 9.17) is 5.11 Å². The molecule has 0 saturated carbocycles. The molecule has 15 heavy (non-hydrogen) atoms. The first-order valence-electron chi connectivity index (χ1n) is 3.81. The maximum atomic E-state index is 12.6. The first-order valence-corrected chi connectivity index (χ1v) is 3.81. The van der Waals surface area contributed by atoms with Crippen molar-refractivity contribution in [2.45, 2.75) is 6.43 Å². The molecule has 0 aliphatic carbocycles. The summed E-state index contributed by atoms with van der Waals surface area (Å²) in [7, 11) is 0. The second-order valence-corrected chi connectivity index (χ2v) is 2.63. The summed E-state index contributed by atoms with van der Waals surface area (Å²) in [6.07, 6.45) is -1.09. The van der Waals surface area contributed by atoms with Gasteiger partial charge in [0.15, 0.2) is 0 Å². The first kappa shape index (κ1) is 9.44. The highest BCUT2D eigenvalue weighted by atomic mass is 19.3. The van der Waals surface area contributed by atoms with E-state index in [1.807, 2.05) is 0 Å². The van der Waals surface area contributed by atoms with Gasteiger partial charge in [-0.3, -0.25) is 0 Å². The molecule has 0 fully saturated rings. The number of carboxylic acids is 1. The quantitative estimate of drug-likeness (QED) is 0.798. The van der Waals surface area contributed by atoms with Crippen LogP contribution in [0.5, 0.6) is 0 Å². The van der Waals surface area contributed by atoms with Crippen molar-refractivity contribution in [1.82, 2.24) is 19.6 Å². The average molecular weight is 214 g/mol. The summed E-state index contributed by atoms with van der Waals surface area (Å²) in [6, 6.07) is 0. The molecule has 0 aromatic carbocycles. The Bertz CT molecular complexity index is 525. The van der Waals surface area contributed by atoms with Crippen molar-refractivity contribution in [3.63, 3.8) is 0 Å². The lowest BCUT2D eigenvalue weighted by atomic mass is 10.2. The minimum absolute atomic E-state index is 0.0599. The summed E-state index contributed by atoms with van der Waals surface area (Å²) in [5, 5.41) is 12.2. The summed E-state index contributed by atoms with van der Waals surface area (Å²) in [5.41, 5.74) is -1.30. The van der Waals surface area contributed by atoms with E-state index in [9.17, 15) is 13.6 Å². The summed E-state index contributed by atoms with van der Waals surface area (Å²) in [5.74, 6) is -1.54. The van der Waals surface area contributed by atoms with Crippen molar-refractivity contribution in [3.05, 3.63) is 23.8 Å². The van der Waals surface area contributed by atoms with E-state index in [-0.39, 0.29) is 5.78 Å². The van der Waals surface area contributed by atoms with Gasteiger partial charge in [-0.15, -0.1) is 0 Å². The largest absolute Gasteiger partial charge is 0.478 e. The minimum Gasteiger partial charge on any atom is -0.478 e. The van der Waals surface area contributed by atoms with Crippen LogP contribution in [0.1, 0.15) is 22.5 Å². The number of carboxylic acid groups (broad SMARTS) is 1. The van der Waals surface area contributed by atoms with Gasteiger partial charge in [0.05, 0.1) is 0 Å². The molecule has 0 aliphatic heterocycles. The van der Waals surface area contributed by atoms with Gasteiger partial charge in [0.2, 0.25) is 0 Å². The van der Waals surface area contributed by atoms with Crippen molar-refractivity contribution in [2.24, 2.45) is 0 Å². The molecule has 2 heterocycles. The molecule has 0 radical (unpaired) electrons. The van der Waals surface area contributed by atoms with Crippen LogP contribution in [0.3, 0.4) is 0 Å². The van der Waals surface area contributed by atoms with Gasteiger partial charge in [-0.25, -0.2) is 18.6 Å². The molecule has 1 N–H and O–H groups in total. The molecule has 0 bridgehead atoms. The van der Waals surface area contributed by atoms with E-state index in [0.717, 1.165) is 12.5 Å². The van der Waals surface area contributed by atoms with Crippen LogP contribution in [0.25, 0.3) is 5.78 Å². The fourth-order valence-corrected chi connectivity index (χ4v) is 1.17. The number of aromatic carboxylic acids is 1. The molecule has 0 saturated heterocycles. The van der Waals surface area contributed by atoms with Gasteiger partial charge in [0.1, 0.15) is 17.6 Å². The normalized spacial score (nSPS) is 11.1. The number of fused-ring (bicyclic) bond motifs is 1. The maximum absolute atomic E-state index is 12.6. The molecule has 2 aromatic rings. The Morgan fingerprint density at radius 3 is 2.80 bits per heavy atom. The summed E-state index contributed by atoms with van der Waals surface area (Å²) >= 11 is 0. The Balaban J connectivity index is 2.81. The van der Waals surface area contributed by atoms with E-state index in [0.29, 0.717) is 4.52 Å². The topological polar surface area (TPSA) is 80.4 Å². The maximum Gasteiger partial charge on any atom is 0.339 e. The summed E-state index contributed by atoms with van der Waals surface area (Å²) in [6.45, 7) is 0. The highest BCUT2D eigenvalue weighted by molar-refractivity contribution is 5.88. The molecule has 2 aromatic heterocycles. The Labute approximate surface area is 81.2 Å². The van der Waals surface area contributed by atoms with Gasteiger partial charge < -0.3 is 5.11 Å². The first-order chi connectivity index (χ1) is 7.11. The molecular weight excluding hydrogens is 210 g/mol.